The molecular formula is C22H18FN5O4. The Morgan fingerprint density at radius 2 is 1.84 bits per heavy atom. The van der Waals surface area contributed by atoms with Crippen molar-refractivity contribution in [2.24, 2.45) is 0 Å². The number of carbonyl (C=O) groups excluding carboxylic acids is 3. The van der Waals surface area contributed by atoms with Crippen LogP contribution in [0.1, 0.15) is 12.5 Å². The van der Waals surface area contributed by atoms with Crippen LogP contribution in [0.3, 0.4) is 0 Å². The summed E-state index contributed by atoms with van der Waals surface area (Å²) in [5.41, 5.74) is -0.515. The van der Waals surface area contributed by atoms with Crippen molar-refractivity contribution in [1.29, 1.82) is 0 Å². The molecule has 9 nitrogen and oxygen atoms in total. The summed E-state index contributed by atoms with van der Waals surface area (Å²) in [6.07, 6.45) is 4.49. The summed E-state index contributed by atoms with van der Waals surface area (Å²) < 4.78 is 18.7. The van der Waals surface area contributed by atoms with Crippen LogP contribution in [0.4, 0.5) is 14.9 Å². The van der Waals surface area contributed by atoms with Crippen LogP contribution in [-0.2, 0) is 15.1 Å². The number of aromatic nitrogens is 2. The van der Waals surface area contributed by atoms with Crippen molar-refractivity contribution >= 4 is 23.5 Å². The van der Waals surface area contributed by atoms with Crippen LogP contribution >= 0.6 is 0 Å². The molecule has 0 radical (unpaired) electrons. The number of carbonyl (C=O) groups is 3. The van der Waals surface area contributed by atoms with Crippen molar-refractivity contribution in [2.45, 2.75) is 12.5 Å². The Labute approximate surface area is 182 Å². The zero-order valence-electron chi connectivity index (χ0n) is 16.9. The van der Waals surface area contributed by atoms with Crippen molar-refractivity contribution in [3.63, 3.8) is 0 Å². The molecule has 2 N–H and O–H groups in total. The van der Waals surface area contributed by atoms with Crippen molar-refractivity contribution in [3.8, 4) is 11.6 Å². The van der Waals surface area contributed by atoms with E-state index >= 15 is 0 Å². The third kappa shape index (κ3) is 4.24. The van der Waals surface area contributed by atoms with Crippen LogP contribution < -0.4 is 15.4 Å². The fraction of sp³-hybridized carbons (Fsp3) is 0.136. The SMILES string of the molecule is CC1(c2ccc(F)cc2)NC(=O)N(CC(=O)Nc2ccc(Oc3cnccn3)cc2)C1=O. The second kappa shape index (κ2) is 8.42. The molecule has 4 amide bonds. The molecule has 1 aromatic heterocycles. The fourth-order valence-corrected chi connectivity index (χ4v) is 3.23. The summed E-state index contributed by atoms with van der Waals surface area (Å²) in [6, 6.07) is 11.0. The van der Waals surface area contributed by atoms with Gasteiger partial charge in [0, 0.05) is 18.1 Å². The quantitative estimate of drug-likeness (QED) is 0.576. The number of imide groups is 1. The highest BCUT2D eigenvalue weighted by Crippen LogP contribution is 2.29. The number of hydrogen-bond donors (Lipinski definition) is 2. The van der Waals surface area contributed by atoms with E-state index in [1.165, 1.54) is 49.8 Å². The van der Waals surface area contributed by atoms with Crippen molar-refractivity contribution in [1.82, 2.24) is 20.2 Å². The molecule has 2 heterocycles. The number of urea groups is 1. The summed E-state index contributed by atoms with van der Waals surface area (Å²) in [5, 5.41) is 5.20. The van der Waals surface area contributed by atoms with Crippen LogP contribution in [-0.4, -0.2) is 39.3 Å². The number of benzene rings is 2. The second-order valence-electron chi connectivity index (χ2n) is 7.17. The van der Waals surface area contributed by atoms with Crippen LogP contribution in [0, 0.1) is 5.82 Å². The lowest BCUT2D eigenvalue weighted by Crippen LogP contribution is -2.42. The van der Waals surface area contributed by atoms with Crippen LogP contribution in [0.5, 0.6) is 11.6 Å². The molecule has 1 saturated heterocycles. The molecule has 10 heteroatoms. The van der Waals surface area contributed by atoms with E-state index < -0.39 is 35.7 Å². The number of halogens is 1. The van der Waals surface area contributed by atoms with E-state index in [1.807, 2.05) is 0 Å². The minimum atomic E-state index is -1.38. The van der Waals surface area contributed by atoms with Gasteiger partial charge < -0.3 is 15.4 Å². The summed E-state index contributed by atoms with van der Waals surface area (Å²) in [4.78, 5) is 46.4. The van der Waals surface area contributed by atoms with Crippen molar-refractivity contribution < 1.29 is 23.5 Å². The fourth-order valence-electron chi connectivity index (χ4n) is 3.23. The van der Waals surface area contributed by atoms with Gasteiger partial charge in [0.2, 0.25) is 11.8 Å². The summed E-state index contributed by atoms with van der Waals surface area (Å²) >= 11 is 0. The standard InChI is InChI=1S/C22H18FN5O4/c1-22(14-2-4-15(23)5-3-14)20(30)28(21(31)27-22)13-18(29)26-16-6-8-17(9-7-16)32-19-12-24-10-11-25-19/h2-12H,13H2,1H3,(H,26,29)(H,27,31). The van der Waals surface area contributed by atoms with Crippen molar-refractivity contribution in [3.05, 3.63) is 78.5 Å². The molecule has 0 spiro atoms. The Balaban J connectivity index is 1.39. The first-order valence-electron chi connectivity index (χ1n) is 9.59. The Hall–Kier alpha value is -4.34. The number of ether oxygens (including phenoxy) is 1. The predicted molar refractivity (Wildman–Crippen MR) is 111 cm³/mol. The van der Waals surface area contributed by atoms with Gasteiger partial charge in [-0.1, -0.05) is 12.1 Å². The lowest BCUT2D eigenvalue weighted by molar-refractivity contribution is -0.133. The Morgan fingerprint density at radius 1 is 1.12 bits per heavy atom. The second-order valence-corrected chi connectivity index (χ2v) is 7.17. The zero-order valence-corrected chi connectivity index (χ0v) is 16.9. The number of nitrogens with zero attached hydrogens (tertiary/aromatic N) is 3. The van der Waals surface area contributed by atoms with Gasteiger partial charge in [-0.3, -0.25) is 19.5 Å². The Morgan fingerprint density at radius 3 is 2.50 bits per heavy atom. The van der Waals surface area contributed by atoms with Gasteiger partial charge in [-0.05, 0) is 48.9 Å². The highest BCUT2D eigenvalue weighted by Gasteiger charge is 2.49. The first-order chi connectivity index (χ1) is 15.3. The maximum absolute atomic E-state index is 13.2. The van der Waals surface area contributed by atoms with E-state index in [-0.39, 0.29) is 0 Å². The van der Waals surface area contributed by atoms with E-state index in [2.05, 4.69) is 20.6 Å². The largest absolute Gasteiger partial charge is 0.438 e. The predicted octanol–water partition coefficient (Wildman–Crippen LogP) is 2.81. The van der Waals surface area contributed by atoms with E-state index in [0.717, 1.165) is 4.90 Å². The molecule has 1 unspecified atom stereocenters. The average molecular weight is 435 g/mol. The lowest BCUT2D eigenvalue weighted by Gasteiger charge is -2.22. The molecule has 4 rings (SSSR count). The van der Waals surface area contributed by atoms with E-state index in [0.29, 0.717) is 22.9 Å². The Kier molecular flexibility index (Phi) is 5.50. The third-order valence-electron chi connectivity index (χ3n) is 4.90. The molecule has 32 heavy (non-hydrogen) atoms. The van der Waals surface area contributed by atoms with Crippen LogP contribution in [0.25, 0.3) is 0 Å². The normalized spacial score (nSPS) is 17.8. The molecule has 1 aliphatic rings. The Bertz CT molecular complexity index is 1160. The highest BCUT2D eigenvalue weighted by molar-refractivity contribution is 6.10. The van der Waals surface area contributed by atoms with Crippen molar-refractivity contribution in [2.75, 3.05) is 11.9 Å². The number of hydrogen-bond acceptors (Lipinski definition) is 6. The van der Waals surface area contributed by atoms with E-state index in [4.69, 9.17) is 4.74 Å². The maximum Gasteiger partial charge on any atom is 0.325 e. The van der Waals surface area contributed by atoms with Crippen LogP contribution in [0.2, 0.25) is 0 Å². The lowest BCUT2D eigenvalue weighted by atomic mass is 9.92. The molecule has 1 aliphatic heterocycles. The molecule has 1 fully saturated rings. The van der Waals surface area contributed by atoms with Gasteiger partial charge in [0.05, 0.1) is 6.20 Å². The van der Waals surface area contributed by atoms with Gasteiger partial charge in [-0.25, -0.2) is 14.2 Å². The molecule has 0 aliphatic carbocycles. The number of amides is 4. The first kappa shape index (κ1) is 20.9. The molecular weight excluding hydrogens is 417 g/mol. The van der Waals surface area contributed by atoms with Gasteiger partial charge >= 0.3 is 6.03 Å². The summed E-state index contributed by atoms with van der Waals surface area (Å²) in [6.45, 7) is 1.04. The zero-order chi connectivity index (χ0) is 22.7. The summed E-state index contributed by atoms with van der Waals surface area (Å²) in [5.74, 6) is -0.797. The monoisotopic (exact) mass is 435 g/mol. The topological polar surface area (TPSA) is 114 Å². The molecule has 1 atom stereocenters. The molecule has 2 aromatic carbocycles. The molecule has 0 saturated carbocycles. The van der Waals surface area contributed by atoms with Gasteiger partial charge in [0.15, 0.2) is 0 Å². The van der Waals surface area contributed by atoms with Gasteiger partial charge in [-0.15, -0.1) is 0 Å². The highest BCUT2D eigenvalue weighted by atomic mass is 19.1. The molecule has 162 valence electrons. The van der Waals surface area contributed by atoms with E-state index in [9.17, 15) is 18.8 Å². The molecule has 0 bridgehead atoms. The average Bonchev–Trinajstić information content (AvgIpc) is 3.00. The molecule has 3 aromatic rings. The minimum absolute atomic E-state index is 0.326. The third-order valence-corrected chi connectivity index (χ3v) is 4.90. The number of rotatable bonds is 6. The number of nitrogens with one attached hydrogen (secondary N) is 2. The number of anilines is 1. The maximum atomic E-state index is 13.2. The first-order valence-corrected chi connectivity index (χ1v) is 9.59. The van der Waals surface area contributed by atoms with Gasteiger partial charge in [-0.2, -0.15) is 0 Å². The van der Waals surface area contributed by atoms with Gasteiger partial charge in [0.25, 0.3) is 5.91 Å². The smallest absolute Gasteiger partial charge is 0.325 e. The van der Waals surface area contributed by atoms with Crippen LogP contribution in [0.15, 0.2) is 67.1 Å². The van der Waals surface area contributed by atoms with E-state index in [1.54, 1.807) is 24.3 Å². The summed E-state index contributed by atoms with van der Waals surface area (Å²) in [7, 11) is 0. The van der Waals surface area contributed by atoms with Gasteiger partial charge in [0.1, 0.15) is 23.7 Å². The minimum Gasteiger partial charge on any atom is -0.438 e.